The minimum absolute atomic E-state index is 0.180. The van der Waals surface area contributed by atoms with Gasteiger partial charge in [0.05, 0.1) is 5.75 Å². The zero-order chi connectivity index (χ0) is 19.0. The third-order valence-corrected chi connectivity index (χ3v) is 5.66. The molecule has 0 atom stereocenters. The van der Waals surface area contributed by atoms with Gasteiger partial charge in [-0.3, -0.25) is 14.3 Å². The molecule has 1 aliphatic carbocycles. The van der Waals surface area contributed by atoms with Crippen molar-refractivity contribution in [1.82, 2.24) is 0 Å². The van der Waals surface area contributed by atoms with Crippen LogP contribution >= 0.6 is 0 Å². The predicted octanol–water partition coefficient (Wildman–Crippen LogP) is 3.40. The third-order valence-electron chi connectivity index (χ3n) is 4.40. The van der Waals surface area contributed by atoms with Crippen molar-refractivity contribution in [1.29, 1.82) is 0 Å². The van der Waals surface area contributed by atoms with Crippen LogP contribution in [-0.4, -0.2) is 20.0 Å². The number of benzene rings is 3. The van der Waals surface area contributed by atoms with Crippen molar-refractivity contribution in [2.45, 2.75) is 5.75 Å². The van der Waals surface area contributed by atoms with Gasteiger partial charge in [0.2, 0.25) is 10.0 Å². The minimum Gasteiger partial charge on any atom is -0.289 e. The van der Waals surface area contributed by atoms with Gasteiger partial charge in [-0.2, -0.15) is 0 Å². The number of sulfonamides is 1. The second-order valence-corrected chi connectivity index (χ2v) is 8.03. The fourth-order valence-corrected chi connectivity index (χ4v) is 4.36. The van der Waals surface area contributed by atoms with Crippen molar-refractivity contribution < 1.29 is 18.0 Å². The van der Waals surface area contributed by atoms with Crippen molar-refractivity contribution in [3.63, 3.8) is 0 Å². The molecule has 3 aromatic carbocycles. The molecule has 0 saturated carbocycles. The summed E-state index contributed by atoms with van der Waals surface area (Å²) in [7, 11) is -3.65. The van der Waals surface area contributed by atoms with Crippen LogP contribution in [0.2, 0.25) is 0 Å². The Morgan fingerprint density at radius 1 is 0.667 bits per heavy atom. The summed E-state index contributed by atoms with van der Waals surface area (Å²) < 4.78 is 27.3. The number of anilines is 1. The molecule has 1 N–H and O–H groups in total. The van der Waals surface area contributed by atoms with Crippen LogP contribution in [0.15, 0.2) is 72.8 Å². The van der Waals surface area contributed by atoms with Gasteiger partial charge >= 0.3 is 0 Å². The van der Waals surface area contributed by atoms with E-state index in [1.807, 2.05) is 6.07 Å². The lowest BCUT2D eigenvalue weighted by molar-refractivity contribution is 0.0979. The molecule has 0 unspecified atom stereocenters. The van der Waals surface area contributed by atoms with Crippen molar-refractivity contribution in [2.75, 3.05) is 4.72 Å². The highest BCUT2D eigenvalue weighted by atomic mass is 32.2. The summed E-state index contributed by atoms with van der Waals surface area (Å²) in [6.07, 6.45) is 0. The highest BCUT2D eigenvalue weighted by Gasteiger charge is 2.29. The molecule has 0 saturated heterocycles. The number of rotatable bonds is 4. The van der Waals surface area contributed by atoms with Gasteiger partial charge in [0.15, 0.2) is 11.6 Å². The van der Waals surface area contributed by atoms with E-state index >= 15 is 0 Å². The molecule has 134 valence electrons. The van der Waals surface area contributed by atoms with Crippen LogP contribution in [0.3, 0.4) is 0 Å². The van der Waals surface area contributed by atoms with Crippen LogP contribution < -0.4 is 4.72 Å². The Hall–Kier alpha value is -3.25. The van der Waals surface area contributed by atoms with Crippen molar-refractivity contribution in [3.05, 3.63) is 101 Å². The Morgan fingerprint density at radius 2 is 1.22 bits per heavy atom. The first-order valence-electron chi connectivity index (χ1n) is 8.31. The van der Waals surface area contributed by atoms with Gasteiger partial charge in [0.1, 0.15) is 0 Å². The maximum Gasteiger partial charge on any atom is 0.236 e. The number of hydrogen-bond acceptors (Lipinski definition) is 4. The van der Waals surface area contributed by atoms with Crippen LogP contribution in [0.1, 0.15) is 37.4 Å². The number of nitrogens with one attached hydrogen (secondary N) is 1. The maximum absolute atomic E-state index is 12.7. The smallest absolute Gasteiger partial charge is 0.236 e. The van der Waals surface area contributed by atoms with Gasteiger partial charge in [-0.25, -0.2) is 8.42 Å². The van der Waals surface area contributed by atoms with Gasteiger partial charge in [-0.15, -0.1) is 0 Å². The van der Waals surface area contributed by atoms with Gasteiger partial charge in [-0.05, 0) is 23.8 Å². The summed E-state index contributed by atoms with van der Waals surface area (Å²) in [6, 6.07) is 19.9. The topological polar surface area (TPSA) is 80.3 Å². The first kappa shape index (κ1) is 17.2. The number of hydrogen-bond donors (Lipinski definition) is 1. The van der Waals surface area contributed by atoms with E-state index in [9.17, 15) is 18.0 Å². The lowest BCUT2D eigenvalue weighted by Crippen LogP contribution is -2.21. The summed E-state index contributed by atoms with van der Waals surface area (Å²) >= 11 is 0. The molecule has 0 heterocycles. The molecular weight excluding hydrogens is 362 g/mol. The zero-order valence-corrected chi connectivity index (χ0v) is 15.0. The van der Waals surface area contributed by atoms with Crippen molar-refractivity contribution in [2.24, 2.45) is 0 Å². The Kier molecular flexibility index (Phi) is 4.12. The highest BCUT2D eigenvalue weighted by Crippen LogP contribution is 2.29. The lowest BCUT2D eigenvalue weighted by atomic mass is 9.84. The minimum atomic E-state index is -3.65. The normalized spacial score (nSPS) is 13.0. The summed E-state index contributed by atoms with van der Waals surface area (Å²) in [5.41, 5.74) is 2.10. The number of fused-ring (bicyclic) bond motifs is 2. The molecule has 6 heteroatoms. The fourth-order valence-electron chi connectivity index (χ4n) is 3.17. The maximum atomic E-state index is 12.7. The first-order valence-corrected chi connectivity index (χ1v) is 9.97. The monoisotopic (exact) mass is 377 g/mol. The molecule has 0 fully saturated rings. The Balaban J connectivity index is 1.65. The van der Waals surface area contributed by atoms with Gasteiger partial charge in [-0.1, -0.05) is 54.6 Å². The molecule has 0 aromatic heterocycles. The van der Waals surface area contributed by atoms with Crippen molar-refractivity contribution >= 4 is 27.3 Å². The Morgan fingerprint density at radius 3 is 1.89 bits per heavy atom. The largest absolute Gasteiger partial charge is 0.289 e. The van der Waals surface area contributed by atoms with Crippen LogP contribution in [-0.2, 0) is 15.8 Å². The Bertz CT molecular complexity index is 1170. The first-order chi connectivity index (χ1) is 12.9. The van der Waals surface area contributed by atoms with Crippen LogP contribution in [0.4, 0.5) is 5.69 Å². The van der Waals surface area contributed by atoms with Gasteiger partial charge in [0.25, 0.3) is 0 Å². The van der Waals surface area contributed by atoms with E-state index in [0.29, 0.717) is 16.7 Å². The second-order valence-electron chi connectivity index (χ2n) is 6.31. The van der Waals surface area contributed by atoms with Gasteiger partial charge < -0.3 is 0 Å². The average molecular weight is 377 g/mol. The van der Waals surface area contributed by atoms with Gasteiger partial charge in [0, 0.05) is 27.9 Å². The molecule has 4 rings (SSSR count). The zero-order valence-electron chi connectivity index (χ0n) is 14.2. The standard InChI is InChI=1S/C21H15NO4S/c23-20-16-8-4-5-9-17(16)21(24)19-12-15(10-11-18(19)20)22-27(25,26)13-14-6-2-1-3-7-14/h1-12,22H,13H2. The summed E-state index contributed by atoms with van der Waals surface area (Å²) in [5, 5.41) is 0. The van der Waals surface area contributed by atoms with Crippen molar-refractivity contribution in [3.8, 4) is 0 Å². The number of ketones is 2. The summed E-state index contributed by atoms with van der Waals surface area (Å²) in [5.74, 6) is -0.705. The third kappa shape index (κ3) is 3.27. The predicted molar refractivity (Wildman–Crippen MR) is 102 cm³/mol. The molecule has 0 amide bonds. The second kappa shape index (κ2) is 6.48. The van der Waals surface area contributed by atoms with E-state index < -0.39 is 10.0 Å². The average Bonchev–Trinajstić information content (AvgIpc) is 2.66. The van der Waals surface area contributed by atoms with Crippen LogP contribution in [0.5, 0.6) is 0 Å². The molecule has 1 aliphatic rings. The molecule has 3 aromatic rings. The van der Waals surface area contributed by atoms with E-state index in [4.69, 9.17) is 0 Å². The van der Waals surface area contributed by atoms with Crippen LogP contribution in [0, 0.1) is 0 Å². The SMILES string of the molecule is O=C1c2ccccc2C(=O)c2cc(NS(=O)(=O)Cc3ccccc3)ccc21. The Labute approximate surface area is 156 Å². The van der Waals surface area contributed by atoms with E-state index in [1.54, 1.807) is 48.5 Å². The molecule has 0 radical (unpaired) electrons. The van der Waals surface area contributed by atoms with E-state index in [2.05, 4.69) is 4.72 Å². The molecular formula is C21H15NO4S. The number of carbonyl (C=O) groups excluding carboxylic acids is 2. The fraction of sp³-hybridized carbons (Fsp3) is 0.0476. The lowest BCUT2D eigenvalue weighted by Gasteiger charge is -2.18. The molecule has 0 bridgehead atoms. The molecule has 5 nitrogen and oxygen atoms in total. The van der Waals surface area contributed by atoms with E-state index in [0.717, 1.165) is 0 Å². The van der Waals surface area contributed by atoms with E-state index in [1.165, 1.54) is 18.2 Å². The highest BCUT2D eigenvalue weighted by molar-refractivity contribution is 7.91. The van der Waals surface area contributed by atoms with E-state index in [-0.39, 0.29) is 34.1 Å². The molecule has 0 spiro atoms. The summed E-state index contributed by atoms with van der Waals surface area (Å²) in [4.78, 5) is 25.3. The van der Waals surface area contributed by atoms with Crippen LogP contribution in [0.25, 0.3) is 0 Å². The molecule has 27 heavy (non-hydrogen) atoms. The quantitative estimate of drug-likeness (QED) is 0.591. The number of carbonyl (C=O) groups is 2. The summed E-state index contributed by atoms with van der Waals surface area (Å²) in [6.45, 7) is 0. The molecule has 0 aliphatic heterocycles.